The summed E-state index contributed by atoms with van der Waals surface area (Å²) in [5, 5.41) is 9.15. The number of rotatable bonds is 10. The Hall–Kier alpha value is -2.83. The summed E-state index contributed by atoms with van der Waals surface area (Å²) in [4.78, 5) is 33.6. The number of hydrogen-bond acceptors (Lipinski definition) is 7. The van der Waals surface area contributed by atoms with Crippen LogP contribution in [0, 0.1) is 0 Å². The predicted molar refractivity (Wildman–Crippen MR) is 84.1 cm³/mol. The van der Waals surface area contributed by atoms with E-state index in [0.29, 0.717) is 6.42 Å². The highest BCUT2D eigenvalue weighted by Gasteiger charge is 2.09. The standard InChI is InChI=1S/C17H20O7/c1-2-15(19)23-11-12-24-17(21)8-7-16(20)22-10-9-13-3-5-14(18)6-4-13/h2-6,18H,1,7-12H2. The third-order valence-corrected chi connectivity index (χ3v) is 2.88. The van der Waals surface area contributed by atoms with Gasteiger partial charge in [-0.05, 0) is 17.7 Å². The van der Waals surface area contributed by atoms with Crippen molar-refractivity contribution < 1.29 is 33.7 Å². The van der Waals surface area contributed by atoms with Crippen LogP contribution in [-0.2, 0) is 35.0 Å². The Labute approximate surface area is 139 Å². The van der Waals surface area contributed by atoms with E-state index >= 15 is 0 Å². The second-order valence-corrected chi connectivity index (χ2v) is 4.73. The fourth-order valence-corrected chi connectivity index (χ4v) is 1.65. The molecule has 0 aliphatic heterocycles. The molecule has 1 N–H and O–H groups in total. The van der Waals surface area contributed by atoms with E-state index in [-0.39, 0.29) is 38.4 Å². The van der Waals surface area contributed by atoms with E-state index in [9.17, 15) is 14.4 Å². The molecule has 0 spiro atoms. The summed E-state index contributed by atoms with van der Waals surface area (Å²) in [7, 11) is 0. The quantitative estimate of drug-likeness (QED) is 0.299. The van der Waals surface area contributed by atoms with Crippen molar-refractivity contribution in [2.45, 2.75) is 19.3 Å². The molecule has 0 aromatic heterocycles. The molecule has 1 rings (SSSR count). The van der Waals surface area contributed by atoms with Crippen LogP contribution in [0.25, 0.3) is 0 Å². The Morgan fingerprint density at radius 3 is 2.04 bits per heavy atom. The van der Waals surface area contributed by atoms with Gasteiger partial charge in [0.1, 0.15) is 19.0 Å². The number of hydrogen-bond donors (Lipinski definition) is 1. The molecule has 0 bridgehead atoms. The van der Waals surface area contributed by atoms with Gasteiger partial charge in [-0.15, -0.1) is 0 Å². The van der Waals surface area contributed by atoms with E-state index in [1.807, 2.05) is 0 Å². The summed E-state index contributed by atoms with van der Waals surface area (Å²) >= 11 is 0. The number of phenolic OH excluding ortho intramolecular Hbond substituents is 1. The number of esters is 3. The van der Waals surface area contributed by atoms with Crippen molar-refractivity contribution in [3.63, 3.8) is 0 Å². The number of aromatic hydroxyl groups is 1. The van der Waals surface area contributed by atoms with Gasteiger partial charge in [-0.1, -0.05) is 18.7 Å². The first-order valence-corrected chi connectivity index (χ1v) is 7.39. The summed E-state index contributed by atoms with van der Waals surface area (Å²) in [6.07, 6.45) is 1.34. The van der Waals surface area contributed by atoms with E-state index in [4.69, 9.17) is 14.6 Å². The molecule has 0 atom stereocenters. The molecular weight excluding hydrogens is 316 g/mol. The Morgan fingerprint density at radius 2 is 1.46 bits per heavy atom. The maximum atomic E-state index is 11.5. The fraction of sp³-hybridized carbons (Fsp3) is 0.353. The molecule has 1 aromatic rings. The molecule has 0 radical (unpaired) electrons. The molecule has 24 heavy (non-hydrogen) atoms. The minimum atomic E-state index is -0.594. The summed E-state index contributed by atoms with van der Waals surface area (Å²) in [6.45, 7) is 3.28. The Morgan fingerprint density at radius 1 is 0.917 bits per heavy atom. The van der Waals surface area contributed by atoms with Gasteiger partial charge in [-0.25, -0.2) is 4.79 Å². The molecule has 0 unspecified atom stereocenters. The zero-order valence-electron chi connectivity index (χ0n) is 13.2. The molecule has 1 aromatic carbocycles. The van der Waals surface area contributed by atoms with Crippen molar-refractivity contribution in [1.29, 1.82) is 0 Å². The van der Waals surface area contributed by atoms with Crippen LogP contribution in [-0.4, -0.2) is 42.8 Å². The highest BCUT2D eigenvalue weighted by atomic mass is 16.6. The Bertz CT molecular complexity index is 563. The summed E-state index contributed by atoms with van der Waals surface area (Å²) in [6, 6.07) is 6.58. The van der Waals surface area contributed by atoms with Gasteiger partial charge in [0.2, 0.25) is 0 Å². The van der Waals surface area contributed by atoms with Crippen molar-refractivity contribution in [1.82, 2.24) is 0 Å². The van der Waals surface area contributed by atoms with E-state index in [2.05, 4.69) is 11.3 Å². The van der Waals surface area contributed by atoms with E-state index in [1.54, 1.807) is 24.3 Å². The van der Waals surface area contributed by atoms with Crippen molar-refractivity contribution in [3.8, 4) is 5.75 Å². The molecule has 7 nitrogen and oxygen atoms in total. The zero-order valence-corrected chi connectivity index (χ0v) is 13.2. The van der Waals surface area contributed by atoms with Crippen molar-refractivity contribution in [3.05, 3.63) is 42.5 Å². The van der Waals surface area contributed by atoms with Gasteiger partial charge in [-0.3, -0.25) is 9.59 Å². The van der Waals surface area contributed by atoms with Gasteiger partial charge >= 0.3 is 17.9 Å². The lowest BCUT2D eigenvalue weighted by molar-refractivity contribution is -0.152. The lowest BCUT2D eigenvalue weighted by atomic mass is 10.1. The van der Waals surface area contributed by atoms with Crippen LogP contribution in [0.5, 0.6) is 5.75 Å². The largest absolute Gasteiger partial charge is 0.508 e. The number of phenols is 1. The zero-order chi connectivity index (χ0) is 17.8. The molecule has 130 valence electrons. The first kappa shape index (κ1) is 19.2. The molecule has 0 aliphatic carbocycles. The second-order valence-electron chi connectivity index (χ2n) is 4.73. The highest BCUT2D eigenvalue weighted by molar-refractivity contribution is 5.81. The summed E-state index contributed by atoms with van der Waals surface area (Å²) in [5.74, 6) is -1.49. The van der Waals surface area contributed by atoms with Gasteiger partial charge < -0.3 is 19.3 Å². The van der Waals surface area contributed by atoms with Crippen molar-refractivity contribution in [2.24, 2.45) is 0 Å². The predicted octanol–water partition coefficient (Wildman–Crippen LogP) is 1.53. The van der Waals surface area contributed by atoms with Crippen molar-refractivity contribution >= 4 is 17.9 Å². The third-order valence-electron chi connectivity index (χ3n) is 2.88. The average molecular weight is 336 g/mol. The number of carbonyl (C=O) groups excluding carboxylic acids is 3. The molecule has 0 amide bonds. The fourth-order valence-electron chi connectivity index (χ4n) is 1.65. The Kier molecular flexibility index (Phi) is 8.67. The van der Waals surface area contributed by atoms with Crippen LogP contribution in [0.4, 0.5) is 0 Å². The number of benzene rings is 1. The monoisotopic (exact) mass is 336 g/mol. The number of ether oxygens (including phenoxy) is 3. The van der Waals surface area contributed by atoms with Crippen LogP contribution in [0.15, 0.2) is 36.9 Å². The normalized spacial score (nSPS) is 9.83. The Balaban J connectivity index is 2.08. The van der Waals surface area contributed by atoms with Gasteiger partial charge in [0.05, 0.1) is 19.4 Å². The SMILES string of the molecule is C=CC(=O)OCCOC(=O)CCC(=O)OCCc1ccc(O)cc1. The van der Waals surface area contributed by atoms with E-state index < -0.39 is 17.9 Å². The second kappa shape index (κ2) is 10.8. The number of carbonyl (C=O) groups is 3. The minimum Gasteiger partial charge on any atom is -0.508 e. The molecule has 0 fully saturated rings. The first-order chi connectivity index (χ1) is 11.5. The molecular formula is C17H20O7. The first-order valence-electron chi connectivity index (χ1n) is 7.39. The van der Waals surface area contributed by atoms with Crippen molar-refractivity contribution in [2.75, 3.05) is 19.8 Å². The molecule has 0 saturated heterocycles. The van der Waals surface area contributed by atoms with Crippen LogP contribution in [0.1, 0.15) is 18.4 Å². The topological polar surface area (TPSA) is 99.1 Å². The van der Waals surface area contributed by atoms with E-state index in [1.165, 1.54) is 0 Å². The lowest BCUT2D eigenvalue weighted by Crippen LogP contribution is -2.15. The highest BCUT2D eigenvalue weighted by Crippen LogP contribution is 2.10. The van der Waals surface area contributed by atoms with Crippen LogP contribution >= 0.6 is 0 Å². The molecule has 0 saturated carbocycles. The summed E-state index contributed by atoms with van der Waals surface area (Å²) < 4.78 is 14.4. The third kappa shape index (κ3) is 8.57. The molecule has 0 heterocycles. The average Bonchev–Trinajstić information content (AvgIpc) is 2.58. The maximum Gasteiger partial charge on any atom is 0.330 e. The van der Waals surface area contributed by atoms with E-state index in [0.717, 1.165) is 11.6 Å². The molecule has 7 heteroatoms. The molecule has 0 aliphatic rings. The smallest absolute Gasteiger partial charge is 0.330 e. The van der Waals surface area contributed by atoms with Crippen LogP contribution in [0.2, 0.25) is 0 Å². The summed E-state index contributed by atoms with van der Waals surface area (Å²) in [5.41, 5.74) is 0.925. The van der Waals surface area contributed by atoms with Gasteiger partial charge in [0.25, 0.3) is 0 Å². The van der Waals surface area contributed by atoms with Crippen LogP contribution < -0.4 is 0 Å². The lowest BCUT2D eigenvalue weighted by Gasteiger charge is -2.06. The maximum absolute atomic E-state index is 11.5. The van der Waals surface area contributed by atoms with Crippen LogP contribution in [0.3, 0.4) is 0 Å². The van der Waals surface area contributed by atoms with Gasteiger partial charge in [-0.2, -0.15) is 0 Å². The minimum absolute atomic E-state index is 0.0618. The van der Waals surface area contributed by atoms with Gasteiger partial charge in [0.15, 0.2) is 0 Å². The van der Waals surface area contributed by atoms with Gasteiger partial charge in [0, 0.05) is 12.5 Å².